The zero-order valence-electron chi connectivity index (χ0n) is 63.9. The van der Waals surface area contributed by atoms with Crippen molar-refractivity contribution in [3.8, 4) is 0 Å². The molecule has 1 aromatic rings. The van der Waals surface area contributed by atoms with Crippen LogP contribution in [-0.4, -0.2) is 254 Å². The lowest BCUT2D eigenvalue weighted by Crippen LogP contribution is -2.62. The Morgan fingerprint density at radius 3 is 1.23 bits per heavy atom. The highest BCUT2D eigenvalue weighted by molar-refractivity contribution is 6.02. The predicted molar refractivity (Wildman–Crippen MR) is 391 cm³/mol. The van der Waals surface area contributed by atoms with Gasteiger partial charge in [0.15, 0.2) is 0 Å². The second kappa shape index (κ2) is 49.2. The van der Waals surface area contributed by atoms with E-state index >= 15 is 0 Å². The highest BCUT2D eigenvalue weighted by atomic mass is 16.4. The van der Waals surface area contributed by atoms with Crippen molar-refractivity contribution in [2.45, 2.75) is 237 Å². The average Bonchev–Trinajstić information content (AvgIpc) is 0.851. The molecule has 622 valence electrons. The number of primary amides is 1. The summed E-state index contributed by atoms with van der Waals surface area (Å²) in [5, 5.41) is 92.0. The van der Waals surface area contributed by atoms with Gasteiger partial charge in [0.25, 0.3) is 0 Å². The minimum atomic E-state index is -2.06. The van der Waals surface area contributed by atoms with Crippen LogP contribution in [0.3, 0.4) is 0 Å². The molecular formula is C69H111N17O25. The predicted octanol–water partition coefficient (Wildman–Crippen LogP) is -7.30. The second-order valence-electron chi connectivity index (χ2n) is 27.9. The SMILES string of the molecule is CC[C@H](C)[C@H](NC(=O)[C@H](CC(C)C)NC(=O)[C@H](Cc1ccccc1)NC(=O)[C@H](CC(=O)O)NC(=O)[C@H](CC(=O)O)NC(=O)[C@@H](NC(=O)[C@H](C)N)C(C)C)C(=O)N[C@@H](CO)C(=O)N[C@@H](CC(C)C)C(=O)N[C@@H](CC(=O)O)C(=O)NCC(=O)N[C@H](C(=O)N[C@@H](C)C(=O)N[C@@H](CC(N)=O)C(=O)N[C@@H](CCCCN)C(=O)O)[C@@H](C)O. The van der Waals surface area contributed by atoms with Crippen LogP contribution in [0.25, 0.3) is 0 Å². The molecule has 0 bridgehead atoms. The number of hydrogen-bond acceptors (Lipinski definition) is 23. The fourth-order valence-electron chi connectivity index (χ4n) is 10.5. The third-order valence-corrected chi connectivity index (χ3v) is 16.8. The second-order valence-corrected chi connectivity index (χ2v) is 27.9. The largest absolute Gasteiger partial charge is 0.481 e. The van der Waals surface area contributed by atoms with E-state index in [9.17, 15) is 122 Å². The number of carbonyl (C=O) groups is 19. The van der Waals surface area contributed by atoms with Crippen molar-refractivity contribution >= 4 is 112 Å². The highest BCUT2D eigenvalue weighted by Crippen LogP contribution is 2.15. The van der Waals surface area contributed by atoms with Crippen LogP contribution in [0.4, 0.5) is 0 Å². The maximum Gasteiger partial charge on any atom is 0.326 e. The highest BCUT2D eigenvalue weighted by Gasteiger charge is 2.40. The molecule has 26 N–H and O–H groups in total. The molecule has 0 saturated carbocycles. The van der Waals surface area contributed by atoms with Crippen molar-refractivity contribution in [1.29, 1.82) is 0 Å². The van der Waals surface area contributed by atoms with Gasteiger partial charge in [-0.15, -0.1) is 0 Å². The number of aliphatic hydroxyl groups excluding tert-OH is 2. The molecule has 0 aliphatic heterocycles. The van der Waals surface area contributed by atoms with Crippen LogP contribution in [0.2, 0.25) is 0 Å². The molecule has 111 heavy (non-hydrogen) atoms. The summed E-state index contributed by atoms with van der Waals surface area (Å²) in [6.45, 7) is 14.3. The van der Waals surface area contributed by atoms with Gasteiger partial charge in [-0.25, -0.2) is 4.79 Å². The third-order valence-electron chi connectivity index (χ3n) is 16.8. The summed E-state index contributed by atoms with van der Waals surface area (Å²) in [4.78, 5) is 252. The van der Waals surface area contributed by atoms with Crippen LogP contribution in [-0.2, 0) is 97.5 Å². The zero-order chi connectivity index (χ0) is 84.9. The zero-order valence-corrected chi connectivity index (χ0v) is 63.9. The number of nitrogens with one attached hydrogen (secondary N) is 14. The van der Waals surface area contributed by atoms with Crippen LogP contribution in [0, 0.1) is 23.7 Å². The number of carbonyl (C=O) groups excluding carboxylic acids is 15. The van der Waals surface area contributed by atoms with Gasteiger partial charge in [0.1, 0.15) is 78.5 Å². The molecule has 42 nitrogen and oxygen atoms in total. The van der Waals surface area contributed by atoms with Crippen LogP contribution in [0.1, 0.15) is 146 Å². The molecular weight excluding hydrogens is 1470 g/mol. The molecule has 0 unspecified atom stereocenters. The van der Waals surface area contributed by atoms with Crippen molar-refractivity contribution in [3.05, 3.63) is 35.9 Å². The molecule has 1 aromatic carbocycles. The Bertz CT molecular complexity index is 3410. The van der Waals surface area contributed by atoms with E-state index in [0.29, 0.717) is 18.4 Å². The quantitative estimate of drug-likeness (QED) is 0.0270. The van der Waals surface area contributed by atoms with E-state index in [1.54, 1.807) is 65.0 Å². The van der Waals surface area contributed by atoms with Gasteiger partial charge in [0.05, 0.1) is 51.0 Å². The average molecular weight is 1580 g/mol. The number of carboxylic acid groups (broad SMARTS) is 4. The van der Waals surface area contributed by atoms with E-state index in [1.807, 2.05) is 0 Å². The van der Waals surface area contributed by atoms with Gasteiger partial charge in [0.2, 0.25) is 88.6 Å². The Kier molecular flexibility index (Phi) is 43.4. The molecule has 0 radical (unpaired) electrons. The summed E-state index contributed by atoms with van der Waals surface area (Å²) < 4.78 is 0. The molecule has 1 rings (SSSR count). The molecule has 15 amide bonds. The number of unbranched alkanes of at least 4 members (excludes halogenated alkanes) is 1. The smallest absolute Gasteiger partial charge is 0.326 e. The van der Waals surface area contributed by atoms with Crippen LogP contribution in [0.5, 0.6) is 0 Å². The standard InChI is InChI=1S/C69H111N17O25/c1-12-34(8)54(86-64(105)41(23-32(4)5)77-60(101)42(24-38-18-14-13-15-19-38)79-62(103)45(27-51(93)94)81-63(104)46(28-52(95)96)82-66(107)53(33(6)7)85-56(97)35(9)71)67(108)83-47(30-87)65(106)78-40(22-31(2)3)59(100)80-44(26-50(91)92)58(99)73-29-49(90)84-55(37(11)88)68(109)74-36(10)57(98)76-43(25-48(72)89)61(102)75-39(69(110)111)20-16-17-21-70/h13-15,18-19,31-37,39-47,53-55,87-88H,12,16-17,20-30,70-71H2,1-11H3,(H2,72,89)(H,73,99)(H,74,109)(H,75,102)(H,76,98)(H,77,101)(H,78,106)(H,79,103)(H,80,100)(H,81,104)(H,82,107)(H,83,108)(H,84,90)(H,85,97)(H,86,105)(H,91,92)(H,93,94)(H,95,96)(H,110,111)/t34-,35-,36-,37+,39-,40-,41-,42-,43-,44-,45-,46-,47-,53-,54-,55-/m0/s1. The van der Waals surface area contributed by atoms with E-state index in [4.69, 9.17) is 17.2 Å². The Morgan fingerprint density at radius 2 is 0.802 bits per heavy atom. The number of rotatable bonds is 52. The van der Waals surface area contributed by atoms with Gasteiger partial charge >= 0.3 is 23.9 Å². The minimum absolute atomic E-state index is 0.0562. The van der Waals surface area contributed by atoms with E-state index in [-0.39, 0.29) is 38.6 Å². The number of aliphatic hydroxyl groups is 2. The van der Waals surface area contributed by atoms with Crippen LogP contribution >= 0.6 is 0 Å². The normalized spacial score (nSPS) is 15.5. The van der Waals surface area contributed by atoms with Crippen molar-refractivity contribution < 1.29 is 122 Å². The lowest BCUT2D eigenvalue weighted by molar-refractivity contribution is -0.143. The van der Waals surface area contributed by atoms with Crippen molar-refractivity contribution in [2.24, 2.45) is 40.9 Å². The minimum Gasteiger partial charge on any atom is -0.481 e. The third kappa shape index (κ3) is 36.8. The van der Waals surface area contributed by atoms with E-state index in [0.717, 1.165) is 13.8 Å². The van der Waals surface area contributed by atoms with Gasteiger partial charge in [0, 0.05) is 6.42 Å². The summed E-state index contributed by atoms with van der Waals surface area (Å²) >= 11 is 0. The lowest BCUT2D eigenvalue weighted by atomic mass is 9.96. The summed E-state index contributed by atoms with van der Waals surface area (Å²) in [7, 11) is 0. The van der Waals surface area contributed by atoms with E-state index < -0.39 is 266 Å². The molecule has 0 saturated heterocycles. The van der Waals surface area contributed by atoms with Gasteiger partial charge in [-0.3, -0.25) is 86.3 Å². The summed E-state index contributed by atoms with van der Waals surface area (Å²) in [6.07, 6.45) is -5.81. The Hall–Kier alpha value is -11.0. The maximum absolute atomic E-state index is 14.5. The van der Waals surface area contributed by atoms with Gasteiger partial charge in [-0.1, -0.05) is 92.1 Å². The Morgan fingerprint density at radius 1 is 0.414 bits per heavy atom. The summed E-state index contributed by atoms with van der Waals surface area (Å²) in [5.74, 6) is -25.7. The number of benzene rings is 1. The molecule has 0 aliphatic rings. The number of amides is 15. The topological polar surface area (TPSA) is 692 Å². The molecule has 0 fully saturated rings. The van der Waals surface area contributed by atoms with Gasteiger partial charge < -0.3 is 122 Å². The molecule has 0 heterocycles. The number of hydrogen-bond donors (Lipinski definition) is 23. The first kappa shape index (κ1) is 98.0. The van der Waals surface area contributed by atoms with Crippen molar-refractivity contribution in [2.75, 3.05) is 19.7 Å². The molecule has 0 aromatic heterocycles. The molecule has 0 aliphatic carbocycles. The maximum atomic E-state index is 14.5. The van der Waals surface area contributed by atoms with E-state index in [2.05, 4.69) is 74.4 Å². The Balaban J connectivity index is 3.47. The number of nitrogens with two attached hydrogens (primary N) is 3. The van der Waals surface area contributed by atoms with Gasteiger partial charge in [-0.2, -0.15) is 0 Å². The van der Waals surface area contributed by atoms with Gasteiger partial charge in [-0.05, 0) is 88.7 Å². The van der Waals surface area contributed by atoms with Crippen molar-refractivity contribution in [3.63, 3.8) is 0 Å². The first-order chi connectivity index (χ1) is 51.8. The Labute approximate surface area is 640 Å². The first-order valence-corrected chi connectivity index (χ1v) is 35.9. The van der Waals surface area contributed by atoms with Crippen molar-refractivity contribution in [1.82, 2.24) is 74.4 Å². The molecule has 0 spiro atoms. The first-order valence-electron chi connectivity index (χ1n) is 35.9. The fourth-order valence-corrected chi connectivity index (χ4v) is 10.5. The number of carboxylic acids is 4. The summed E-state index contributed by atoms with van der Waals surface area (Å²) in [5.41, 5.74) is 16.8. The monoisotopic (exact) mass is 1580 g/mol. The lowest BCUT2D eigenvalue weighted by Gasteiger charge is -2.30. The molecule has 16 atom stereocenters. The van der Waals surface area contributed by atoms with Crippen LogP contribution in [0.15, 0.2) is 30.3 Å². The van der Waals surface area contributed by atoms with E-state index in [1.165, 1.54) is 27.7 Å². The molecule has 42 heteroatoms. The summed E-state index contributed by atoms with van der Waals surface area (Å²) in [6, 6.07) is -15.5. The van der Waals surface area contributed by atoms with Crippen LogP contribution < -0.4 is 91.6 Å². The number of aliphatic carboxylic acids is 4. The fraction of sp³-hybridized carbons (Fsp3) is 0.638.